The molecule has 26 heavy (non-hydrogen) atoms. The Labute approximate surface area is 152 Å². The average molecular weight is 381 g/mol. The van der Waals surface area contributed by atoms with Crippen LogP contribution in [0.3, 0.4) is 0 Å². The smallest absolute Gasteiger partial charge is 0.416 e. The number of anilines is 1. The average Bonchev–Trinajstić information content (AvgIpc) is 2.86. The van der Waals surface area contributed by atoms with Gasteiger partial charge in [0.1, 0.15) is 11.2 Å². The number of nitrogens with zero attached hydrogens (tertiary/aromatic N) is 1. The molecule has 0 saturated heterocycles. The summed E-state index contributed by atoms with van der Waals surface area (Å²) in [5.74, 6) is -0.290. The highest BCUT2D eigenvalue weighted by Gasteiger charge is 2.50. The van der Waals surface area contributed by atoms with E-state index >= 15 is 0 Å². The van der Waals surface area contributed by atoms with E-state index in [1.807, 2.05) is 6.07 Å². The predicted molar refractivity (Wildman–Crippen MR) is 89.1 cm³/mol. The number of carbonyl (C=O) groups excluding carboxylic acids is 1. The highest BCUT2D eigenvalue weighted by Crippen LogP contribution is 2.49. The van der Waals surface area contributed by atoms with E-state index in [9.17, 15) is 23.2 Å². The van der Waals surface area contributed by atoms with Crippen LogP contribution < -0.4 is 10.1 Å². The van der Waals surface area contributed by atoms with Gasteiger partial charge < -0.3 is 10.1 Å². The number of amides is 1. The van der Waals surface area contributed by atoms with Crippen LogP contribution in [0.4, 0.5) is 18.9 Å². The Hall–Kier alpha value is -2.72. The zero-order valence-corrected chi connectivity index (χ0v) is 14.2. The molecule has 1 aliphatic heterocycles. The highest BCUT2D eigenvalue weighted by molar-refractivity contribution is 6.30. The first-order valence-corrected chi connectivity index (χ1v) is 7.86. The molecule has 0 radical (unpaired) electrons. The number of rotatable bonds is 3. The van der Waals surface area contributed by atoms with E-state index in [0.717, 1.165) is 12.1 Å². The second-order valence-corrected chi connectivity index (χ2v) is 6.23. The van der Waals surface area contributed by atoms with Crippen molar-refractivity contribution in [2.75, 3.05) is 12.4 Å². The Balaban J connectivity index is 2.29. The Morgan fingerprint density at radius 2 is 1.96 bits per heavy atom. The Morgan fingerprint density at radius 3 is 2.58 bits per heavy atom. The van der Waals surface area contributed by atoms with Gasteiger partial charge in [-0.2, -0.15) is 18.4 Å². The normalized spacial score (nSPS) is 18.8. The van der Waals surface area contributed by atoms with E-state index in [4.69, 9.17) is 16.3 Å². The monoisotopic (exact) mass is 380 g/mol. The topological polar surface area (TPSA) is 62.1 Å². The number of fused-ring (bicyclic) bond motifs is 1. The third-order valence-corrected chi connectivity index (χ3v) is 4.64. The van der Waals surface area contributed by atoms with Gasteiger partial charge in [-0.15, -0.1) is 0 Å². The minimum atomic E-state index is -4.55. The fourth-order valence-electron chi connectivity index (χ4n) is 3.22. The molecule has 1 N–H and O–H groups in total. The lowest BCUT2D eigenvalue weighted by Crippen LogP contribution is -2.35. The van der Waals surface area contributed by atoms with E-state index in [1.165, 1.54) is 19.2 Å². The molecule has 0 spiro atoms. The maximum absolute atomic E-state index is 13.0. The van der Waals surface area contributed by atoms with Crippen molar-refractivity contribution in [2.45, 2.75) is 18.0 Å². The molecule has 134 valence electrons. The lowest BCUT2D eigenvalue weighted by molar-refractivity contribution is -0.137. The lowest BCUT2D eigenvalue weighted by atomic mass is 9.72. The van der Waals surface area contributed by atoms with Crippen LogP contribution in [0.1, 0.15) is 23.1 Å². The maximum Gasteiger partial charge on any atom is 0.416 e. The second kappa shape index (κ2) is 6.22. The summed E-state index contributed by atoms with van der Waals surface area (Å²) in [5.41, 5.74) is -1.78. The minimum absolute atomic E-state index is 0.0158. The number of hydrogen-bond acceptors (Lipinski definition) is 3. The molecule has 4 nitrogen and oxygen atoms in total. The van der Waals surface area contributed by atoms with Gasteiger partial charge in [-0.25, -0.2) is 0 Å². The number of nitrogens with one attached hydrogen (secondary N) is 1. The summed E-state index contributed by atoms with van der Waals surface area (Å²) in [6, 6.07) is 9.52. The van der Waals surface area contributed by atoms with Crippen molar-refractivity contribution in [3.05, 3.63) is 58.1 Å². The molecule has 1 atom stereocenters. The lowest BCUT2D eigenvalue weighted by Gasteiger charge is -2.27. The summed E-state index contributed by atoms with van der Waals surface area (Å²) in [6.07, 6.45) is -4.83. The van der Waals surface area contributed by atoms with Crippen molar-refractivity contribution in [3.63, 3.8) is 0 Å². The van der Waals surface area contributed by atoms with Gasteiger partial charge in [0, 0.05) is 16.3 Å². The van der Waals surface area contributed by atoms with Gasteiger partial charge in [-0.05, 0) is 35.9 Å². The molecule has 8 heteroatoms. The van der Waals surface area contributed by atoms with Crippen LogP contribution in [0, 0.1) is 11.3 Å². The van der Waals surface area contributed by atoms with Crippen molar-refractivity contribution < 1.29 is 22.7 Å². The van der Waals surface area contributed by atoms with E-state index in [0.29, 0.717) is 16.3 Å². The zero-order chi connectivity index (χ0) is 19.1. The molecule has 0 fully saturated rings. The number of carbonyl (C=O) groups is 1. The van der Waals surface area contributed by atoms with Gasteiger partial charge in [0.05, 0.1) is 25.2 Å². The molecule has 0 saturated carbocycles. The molecule has 0 aliphatic carbocycles. The number of halogens is 4. The van der Waals surface area contributed by atoms with Crippen LogP contribution in [0.15, 0.2) is 36.4 Å². The Bertz CT molecular complexity index is 937. The molecular weight excluding hydrogens is 369 g/mol. The number of hydrogen-bond donors (Lipinski definition) is 1. The summed E-state index contributed by atoms with van der Waals surface area (Å²) in [6.45, 7) is 0. The number of nitriles is 1. The predicted octanol–water partition coefficient (Wildman–Crippen LogP) is 4.52. The maximum atomic E-state index is 13.0. The summed E-state index contributed by atoms with van der Waals surface area (Å²) >= 11 is 6.06. The SMILES string of the molecule is COc1ccc(Cl)cc1[C@@]1(CC#N)C(=O)Nc2cc(C(F)(F)F)ccc21. The van der Waals surface area contributed by atoms with Crippen LogP contribution in [0.25, 0.3) is 0 Å². The molecule has 1 aliphatic rings. The quantitative estimate of drug-likeness (QED) is 0.851. The van der Waals surface area contributed by atoms with Crippen LogP contribution >= 0.6 is 11.6 Å². The number of alkyl halides is 3. The summed E-state index contributed by atoms with van der Waals surface area (Å²) in [7, 11) is 1.40. The van der Waals surface area contributed by atoms with Gasteiger partial charge >= 0.3 is 6.18 Å². The molecule has 1 amide bonds. The summed E-state index contributed by atoms with van der Waals surface area (Å²) in [5, 5.41) is 12.1. The molecule has 1 heterocycles. The van der Waals surface area contributed by atoms with Crippen molar-refractivity contribution in [2.24, 2.45) is 0 Å². The third kappa shape index (κ3) is 2.67. The first kappa shape index (κ1) is 18.1. The van der Waals surface area contributed by atoms with Crippen molar-refractivity contribution in [1.29, 1.82) is 5.26 Å². The molecule has 2 aromatic carbocycles. The van der Waals surface area contributed by atoms with Gasteiger partial charge in [0.15, 0.2) is 0 Å². The van der Waals surface area contributed by atoms with Crippen LogP contribution in [0.2, 0.25) is 5.02 Å². The van der Waals surface area contributed by atoms with Gasteiger partial charge in [-0.3, -0.25) is 4.79 Å². The number of methoxy groups -OCH3 is 1. The van der Waals surface area contributed by atoms with Gasteiger partial charge in [0.2, 0.25) is 5.91 Å². The fourth-order valence-corrected chi connectivity index (χ4v) is 3.39. The van der Waals surface area contributed by atoms with E-state index in [-0.39, 0.29) is 17.7 Å². The van der Waals surface area contributed by atoms with Crippen LogP contribution in [0.5, 0.6) is 5.75 Å². The van der Waals surface area contributed by atoms with Crippen molar-refractivity contribution in [3.8, 4) is 11.8 Å². The molecule has 0 aromatic heterocycles. The van der Waals surface area contributed by atoms with Crippen LogP contribution in [-0.4, -0.2) is 13.0 Å². The molecule has 0 bridgehead atoms. The van der Waals surface area contributed by atoms with Gasteiger partial charge in [0.25, 0.3) is 0 Å². The van der Waals surface area contributed by atoms with E-state index in [2.05, 4.69) is 5.32 Å². The second-order valence-electron chi connectivity index (χ2n) is 5.80. The van der Waals surface area contributed by atoms with E-state index < -0.39 is 23.1 Å². The zero-order valence-electron chi connectivity index (χ0n) is 13.4. The minimum Gasteiger partial charge on any atom is -0.496 e. The number of benzene rings is 2. The Kier molecular flexibility index (Phi) is 4.32. The standard InChI is InChI=1S/C18H12ClF3N2O2/c1-26-15-5-3-11(19)9-13(15)17(6-7-23)12-4-2-10(18(20,21)22)8-14(12)24-16(17)25/h2-5,8-9H,6H2,1H3,(H,24,25)/t17-/m0/s1. The largest absolute Gasteiger partial charge is 0.496 e. The summed E-state index contributed by atoms with van der Waals surface area (Å²) < 4.78 is 44.3. The van der Waals surface area contributed by atoms with Crippen molar-refractivity contribution in [1.82, 2.24) is 0 Å². The van der Waals surface area contributed by atoms with Gasteiger partial charge in [-0.1, -0.05) is 17.7 Å². The fraction of sp³-hybridized carbons (Fsp3) is 0.222. The molecule has 0 unspecified atom stereocenters. The van der Waals surface area contributed by atoms with Crippen LogP contribution in [-0.2, 0) is 16.4 Å². The van der Waals surface area contributed by atoms with E-state index in [1.54, 1.807) is 12.1 Å². The summed E-state index contributed by atoms with van der Waals surface area (Å²) in [4.78, 5) is 12.8. The first-order chi connectivity index (χ1) is 12.2. The first-order valence-electron chi connectivity index (χ1n) is 7.48. The third-order valence-electron chi connectivity index (χ3n) is 4.41. The number of ether oxygens (including phenoxy) is 1. The Morgan fingerprint density at radius 1 is 1.23 bits per heavy atom. The molecule has 2 aromatic rings. The molecular formula is C18H12ClF3N2O2. The highest BCUT2D eigenvalue weighted by atomic mass is 35.5. The van der Waals surface area contributed by atoms with Crippen molar-refractivity contribution >= 4 is 23.2 Å². The molecule has 3 rings (SSSR count).